The first-order valence-corrected chi connectivity index (χ1v) is 7.40. The highest BCUT2D eigenvalue weighted by atomic mass is 79.9. The first-order chi connectivity index (χ1) is 8.48. The molecule has 2 rings (SSSR count). The number of carbonyl (C=O) groups excluding carboxylic acids is 1. The third kappa shape index (κ3) is 3.56. The quantitative estimate of drug-likeness (QED) is 0.910. The van der Waals surface area contributed by atoms with E-state index in [1.807, 2.05) is 18.2 Å². The summed E-state index contributed by atoms with van der Waals surface area (Å²) in [5, 5.41) is 0.634. The van der Waals surface area contributed by atoms with Crippen molar-refractivity contribution in [3.05, 3.63) is 33.3 Å². The van der Waals surface area contributed by atoms with Crippen LogP contribution in [0.15, 0.2) is 22.7 Å². The molecule has 2 nitrogen and oxygen atoms in total. The van der Waals surface area contributed by atoms with E-state index in [4.69, 9.17) is 17.3 Å². The molecule has 0 heterocycles. The lowest BCUT2D eigenvalue weighted by atomic mass is 9.90. The summed E-state index contributed by atoms with van der Waals surface area (Å²) in [4.78, 5) is 12.1. The minimum atomic E-state index is -0.265. The summed E-state index contributed by atoms with van der Waals surface area (Å²) < 4.78 is 0.926. The maximum absolute atomic E-state index is 12.1. The Kier molecular flexibility index (Phi) is 4.46. The largest absolute Gasteiger partial charge is 0.325 e. The number of nitrogens with two attached hydrogens (primary N) is 1. The van der Waals surface area contributed by atoms with E-state index in [1.54, 1.807) is 0 Å². The van der Waals surface area contributed by atoms with Crippen LogP contribution < -0.4 is 5.73 Å². The van der Waals surface area contributed by atoms with Crippen molar-refractivity contribution in [2.24, 2.45) is 5.73 Å². The summed E-state index contributed by atoms with van der Waals surface area (Å²) >= 11 is 9.46. The molecule has 18 heavy (non-hydrogen) atoms. The molecule has 1 aromatic rings. The lowest BCUT2D eigenvalue weighted by Gasteiger charge is -2.22. The fourth-order valence-electron chi connectivity index (χ4n) is 2.59. The van der Waals surface area contributed by atoms with E-state index < -0.39 is 0 Å². The van der Waals surface area contributed by atoms with Gasteiger partial charge in [-0.05, 0) is 30.5 Å². The second kappa shape index (κ2) is 5.72. The highest BCUT2D eigenvalue weighted by Gasteiger charge is 2.31. The number of carbonyl (C=O) groups is 1. The van der Waals surface area contributed by atoms with Crippen molar-refractivity contribution < 1.29 is 4.79 Å². The third-order valence-corrected chi connectivity index (χ3v) is 4.40. The van der Waals surface area contributed by atoms with Crippen LogP contribution in [0.25, 0.3) is 0 Å². The van der Waals surface area contributed by atoms with Crippen LogP contribution in [-0.4, -0.2) is 11.3 Å². The molecule has 1 aromatic carbocycles. The molecule has 4 heteroatoms. The number of ketones is 1. The van der Waals surface area contributed by atoms with Gasteiger partial charge in [-0.25, -0.2) is 0 Å². The molecule has 98 valence electrons. The van der Waals surface area contributed by atoms with Crippen molar-refractivity contribution in [1.29, 1.82) is 0 Å². The van der Waals surface area contributed by atoms with E-state index in [2.05, 4.69) is 15.9 Å². The molecule has 0 amide bonds. The number of halogens is 2. The number of benzene rings is 1. The summed E-state index contributed by atoms with van der Waals surface area (Å²) in [6.45, 7) is 0. The Hall–Kier alpha value is -0.380. The average Bonchev–Trinajstić information content (AvgIpc) is 2.69. The van der Waals surface area contributed by atoms with Gasteiger partial charge in [0.05, 0.1) is 0 Å². The molecule has 1 saturated carbocycles. The van der Waals surface area contributed by atoms with E-state index in [0.29, 0.717) is 17.9 Å². The van der Waals surface area contributed by atoms with E-state index in [9.17, 15) is 4.79 Å². The van der Waals surface area contributed by atoms with Crippen LogP contribution >= 0.6 is 27.5 Å². The Morgan fingerprint density at radius 3 is 2.67 bits per heavy atom. The van der Waals surface area contributed by atoms with Crippen molar-refractivity contribution in [2.75, 3.05) is 0 Å². The predicted octanol–water partition coefficient (Wildman–Crippen LogP) is 3.88. The molecular formula is C14H17BrClNO. The molecule has 0 aromatic heterocycles. The third-order valence-electron chi connectivity index (χ3n) is 3.55. The van der Waals surface area contributed by atoms with Gasteiger partial charge in [0, 0.05) is 27.9 Å². The van der Waals surface area contributed by atoms with Gasteiger partial charge in [-0.15, -0.1) is 0 Å². The monoisotopic (exact) mass is 329 g/mol. The van der Waals surface area contributed by atoms with Gasteiger partial charge in [-0.2, -0.15) is 0 Å². The highest BCUT2D eigenvalue weighted by molar-refractivity contribution is 9.10. The van der Waals surface area contributed by atoms with E-state index in [0.717, 1.165) is 35.7 Å². The molecule has 0 bridgehead atoms. The minimum absolute atomic E-state index is 0.184. The average molecular weight is 331 g/mol. The summed E-state index contributed by atoms with van der Waals surface area (Å²) in [6, 6.07) is 5.61. The van der Waals surface area contributed by atoms with E-state index in [-0.39, 0.29) is 11.3 Å². The van der Waals surface area contributed by atoms with Gasteiger partial charge >= 0.3 is 0 Å². The first-order valence-electron chi connectivity index (χ1n) is 6.23. The van der Waals surface area contributed by atoms with Gasteiger partial charge in [-0.3, -0.25) is 4.79 Å². The van der Waals surface area contributed by atoms with Gasteiger partial charge in [0.2, 0.25) is 0 Å². The number of Topliss-reactive ketones (excluding diaryl/α,β-unsaturated/α-hetero) is 1. The molecular weight excluding hydrogens is 314 g/mol. The maximum Gasteiger partial charge on any atom is 0.139 e. The van der Waals surface area contributed by atoms with Crippen molar-refractivity contribution in [3.63, 3.8) is 0 Å². The molecule has 1 fully saturated rings. The molecule has 0 unspecified atom stereocenters. The Morgan fingerprint density at radius 2 is 2.06 bits per heavy atom. The normalized spacial score (nSPS) is 17.9. The summed E-state index contributed by atoms with van der Waals surface area (Å²) in [7, 11) is 0. The topological polar surface area (TPSA) is 43.1 Å². The maximum atomic E-state index is 12.1. The summed E-state index contributed by atoms with van der Waals surface area (Å²) in [6.07, 6.45) is 5.07. The smallest absolute Gasteiger partial charge is 0.139 e. The Bertz CT molecular complexity index is 455. The van der Waals surface area contributed by atoms with Crippen LogP contribution in [0.4, 0.5) is 0 Å². The van der Waals surface area contributed by atoms with Crippen LogP contribution in [-0.2, 0) is 11.2 Å². The molecule has 0 saturated heterocycles. The molecule has 1 aliphatic rings. The molecule has 2 N–H and O–H groups in total. The summed E-state index contributed by atoms with van der Waals surface area (Å²) in [5.41, 5.74) is 6.83. The Balaban J connectivity index is 1.98. The van der Waals surface area contributed by atoms with Crippen molar-refractivity contribution in [1.82, 2.24) is 0 Å². The van der Waals surface area contributed by atoms with Gasteiger partial charge in [0.1, 0.15) is 5.78 Å². The molecule has 0 atom stereocenters. The van der Waals surface area contributed by atoms with Gasteiger partial charge in [0.25, 0.3) is 0 Å². The van der Waals surface area contributed by atoms with Crippen LogP contribution in [0.5, 0.6) is 0 Å². The molecule has 0 radical (unpaired) electrons. The van der Waals surface area contributed by atoms with Crippen LogP contribution in [0.3, 0.4) is 0 Å². The zero-order valence-corrected chi connectivity index (χ0v) is 12.6. The number of hydrogen-bond donors (Lipinski definition) is 1. The van der Waals surface area contributed by atoms with Crippen LogP contribution in [0.1, 0.15) is 37.7 Å². The number of hydrogen-bond acceptors (Lipinski definition) is 2. The second-order valence-electron chi connectivity index (χ2n) is 5.20. The zero-order valence-electron chi connectivity index (χ0n) is 10.2. The lowest BCUT2D eigenvalue weighted by Crippen LogP contribution is -2.39. The lowest BCUT2D eigenvalue weighted by molar-refractivity contribution is -0.119. The molecule has 0 spiro atoms. The fourth-order valence-corrected chi connectivity index (χ4v) is 3.33. The Morgan fingerprint density at radius 1 is 1.39 bits per heavy atom. The van der Waals surface area contributed by atoms with Crippen molar-refractivity contribution in [2.45, 2.75) is 44.1 Å². The number of rotatable bonds is 4. The zero-order chi connectivity index (χ0) is 13.2. The van der Waals surface area contributed by atoms with Gasteiger partial charge in [-0.1, -0.05) is 46.4 Å². The Labute approximate surface area is 121 Å². The highest BCUT2D eigenvalue weighted by Crippen LogP contribution is 2.31. The van der Waals surface area contributed by atoms with Crippen LogP contribution in [0, 0.1) is 0 Å². The van der Waals surface area contributed by atoms with Crippen molar-refractivity contribution in [3.8, 4) is 0 Å². The van der Waals surface area contributed by atoms with Gasteiger partial charge < -0.3 is 5.73 Å². The minimum Gasteiger partial charge on any atom is -0.325 e. The SMILES string of the molecule is NC1(CC(=O)Cc2ccc(Br)cc2Cl)CCCC1. The molecule has 1 aliphatic carbocycles. The van der Waals surface area contributed by atoms with E-state index >= 15 is 0 Å². The van der Waals surface area contributed by atoms with Crippen LogP contribution in [0.2, 0.25) is 5.02 Å². The van der Waals surface area contributed by atoms with Gasteiger partial charge in [0.15, 0.2) is 0 Å². The standard InChI is InChI=1S/C14H17BrClNO/c15-11-4-3-10(13(16)8-11)7-12(18)9-14(17)5-1-2-6-14/h3-4,8H,1-2,5-7,9,17H2. The van der Waals surface area contributed by atoms with Crippen molar-refractivity contribution >= 4 is 33.3 Å². The molecule has 0 aliphatic heterocycles. The fraction of sp³-hybridized carbons (Fsp3) is 0.500. The van der Waals surface area contributed by atoms with E-state index in [1.165, 1.54) is 0 Å². The predicted molar refractivity (Wildman–Crippen MR) is 77.9 cm³/mol. The summed E-state index contributed by atoms with van der Waals surface area (Å²) in [5.74, 6) is 0.184. The second-order valence-corrected chi connectivity index (χ2v) is 6.52. The first kappa shape index (κ1) is 14.0.